The number of piperidine rings is 1. The maximum atomic E-state index is 13.9. The number of benzene rings is 1. The zero-order valence-corrected chi connectivity index (χ0v) is 16.3. The summed E-state index contributed by atoms with van der Waals surface area (Å²) in [6.45, 7) is 9.02. The molecule has 1 aromatic heterocycles. The van der Waals surface area contributed by atoms with Crippen LogP contribution < -0.4 is 10.6 Å². The molecule has 1 aromatic carbocycles. The standard InChI is InChI=1S/C20H28FN5O/c1-20(2,3)25-17(27)12-26-9-7-14(8-10-26)11-22-19-15-5-4-6-16(21)18(15)23-13-24-19/h4-6,13-14H,7-12H2,1-3H3,(H,25,27)(H,22,23,24). The molecule has 0 radical (unpaired) electrons. The van der Waals surface area contributed by atoms with Crippen LogP contribution in [0.3, 0.4) is 0 Å². The lowest BCUT2D eigenvalue weighted by molar-refractivity contribution is -0.124. The normalized spacial score (nSPS) is 16.4. The molecule has 1 amide bonds. The van der Waals surface area contributed by atoms with Crippen molar-refractivity contribution < 1.29 is 9.18 Å². The molecule has 0 atom stereocenters. The molecule has 0 unspecified atom stereocenters. The Kier molecular flexibility index (Phi) is 5.89. The molecule has 2 heterocycles. The van der Waals surface area contributed by atoms with E-state index >= 15 is 0 Å². The van der Waals surface area contributed by atoms with Gasteiger partial charge >= 0.3 is 0 Å². The van der Waals surface area contributed by atoms with Gasteiger partial charge in [-0.15, -0.1) is 0 Å². The van der Waals surface area contributed by atoms with Gasteiger partial charge in [0.05, 0.1) is 6.54 Å². The van der Waals surface area contributed by atoms with E-state index in [9.17, 15) is 9.18 Å². The minimum Gasteiger partial charge on any atom is -0.369 e. The molecule has 7 heteroatoms. The van der Waals surface area contributed by atoms with Gasteiger partial charge in [0.15, 0.2) is 0 Å². The van der Waals surface area contributed by atoms with E-state index < -0.39 is 0 Å². The molecule has 0 spiro atoms. The monoisotopic (exact) mass is 373 g/mol. The summed E-state index contributed by atoms with van der Waals surface area (Å²) in [7, 11) is 0. The molecule has 146 valence electrons. The Morgan fingerprint density at radius 1 is 1.26 bits per heavy atom. The zero-order valence-electron chi connectivity index (χ0n) is 16.3. The van der Waals surface area contributed by atoms with Crippen LogP contribution >= 0.6 is 0 Å². The van der Waals surface area contributed by atoms with Crippen LogP contribution in [0.4, 0.5) is 10.2 Å². The number of nitrogens with one attached hydrogen (secondary N) is 2. The van der Waals surface area contributed by atoms with E-state index in [1.54, 1.807) is 6.07 Å². The lowest BCUT2D eigenvalue weighted by atomic mass is 9.96. The van der Waals surface area contributed by atoms with Crippen molar-refractivity contribution in [1.29, 1.82) is 0 Å². The van der Waals surface area contributed by atoms with Gasteiger partial charge in [-0.2, -0.15) is 0 Å². The van der Waals surface area contributed by atoms with Gasteiger partial charge in [0.2, 0.25) is 5.91 Å². The maximum absolute atomic E-state index is 13.9. The van der Waals surface area contributed by atoms with E-state index in [0.29, 0.717) is 29.2 Å². The van der Waals surface area contributed by atoms with Gasteiger partial charge in [0.25, 0.3) is 0 Å². The molecular weight excluding hydrogens is 345 g/mol. The summed E-state index contributed by atoms with van der Waals surface area (Å²) in [4.78, 5) is 22.6. The van der Waals surface area contributed by atoms with Gasteiger partial charge in [-0.05, 0) is 64.8 Å². The van der Waals surface area contributed by atoms with E-state index in [1.165, 1.54) is 12.4 Å². The zero-order chi connectivity index (χ0) is 19.4. The first kappa shape index (κ1) is 19.5. The average molecular weight is 373 g/mol. The van der Waals surface area contributed by atoms with Crippen molar-refractivity contribution in [3.05, 3.63) is 30.3 Å². The van der Waals surface area contributed by atoms with Gasteiger partial charge in [-0.1, -0.05) is 6.07 Å². The molecule has 0 bridgehead atoms. The predicted octanol–water partition coefficient (Wildman–Crippen LogP) is 2.81. The van der Waals surface area contributed by atoms with E-state index in [0.717, 1.165) is 32.5 Å². The van der Waals surface area contributed by atoms with E-state index in [4.69, 9.17) is 0 Å². The van der Waals surface area contributed by atoms with Gasteiger partial charge in [-0.25, -0.2) is 14.4 Å². The Hall–Kier alpha value is -2.28. The number of rotatable bonds is 5. The Balaban J connectivity index is 1.49. The number of amides is 1. The van der Waals surface area contributed by atoms with Crippen molar-refractivity contribution in [3.8, 4) is 0 Å². The number of hydrogen-bond donors (Lipinski definition) is 2. The average Bonchev–Trinajstić information content (AvgIpc) is 2.60. The molecule has 6 nitrogen and oxygen atoms in total. The molecule has 1 fully saturated rings. The molecular formula is C20H28FN5O. The van der Waals surface area contributed by atoms with Crippen LogP contribution in [-0.2, 0) is 4.79 Å². The lowest BCUT2D eigenvalue weighted by Gasteiger charge is -2.32. The number of para-hydroxylation sites is 1. The molecule has 1 aliphatic rings. The summed E-state index contributed by atoms with van der Waals surface area (Å²) < 4.78 is 13.9. The molecule has 0 aliphatic carbocycles. The SMILES string of the molecule is CC(C)(C)NC(=O)CN1CCC(CNc2ncnc3c(F)cccc23)CC1. The highest BCUT2D eigenvalue weighted by Gasteiger charge is 2.22. The molecule has 3 rings (SSSR count). The van der Waals surface area contributed by atoms with E-state index in [-0.39, 0.29) is 17.3 Å². The Morgan fingerprint density at radius 3 is 2.70 bits per heavy atom. The molecule has 27 heavy (non-hydrogen) atoms. The van der Waals surface area contributed by atoms with Crippen molar-refractivity contribution in [2.24, 2.45) is 5.92 Å². The number of carbonyl (C=O) groups excluding carboxylic acids is 1. The molecule has 1 saturated heterocycles. The van der Waals surface area contributed by atoms with Gasteiger partial charge in [0.1, 0.15) is 23.5 Å². The van der Waals surface area contributed by atoms with Crippen LogP contribution in [0.1, 0.15) is 33.6 Å². The molecule has 0 saturated carbocycles. The second-order valence-electron chi connectivity index (χ2n) is 8.26. The number of aromatic nitrogens is 2. The fourth-order valence-corrected chi connectivity index (χ4v) is 3.44. The summed E-state index contributed by atoms with van der Waals surface area (Å²) >= 11 is 0. The van der Waals surface area contributed by atoms with Crippen LogP contribution in [0.25, 0.3) is 10.9 Å². The van der Waals surface area contributed by atoms with E-state index in [2.05, 4.69) is 25.5 Å². The fourth-order valence-electron chi connectivity index (χ4n) is 3.44. The predicted molar refractivity (Wildman–Crippen MR) is 105 cm³/mol. The third-order valence-electron chi connectivity index (χ3n) is 4.76. The van der Waals surface area contributed by atoms with Crippen LogP contribution in [0.5, 0.6) is 0 Å². The second kappa shape index (κ2) is 8.17. The highest BCUT2D eigenvalue weighted by atomic mass is 19.1. The lowest BCUT2D eigenvalue weighted by Crippen LogP contribution is -2.47. The number of carbonyl (C=O) groups is 1. The molecule has 1 aliphatic heterocycles. The molecule has 2 aromatic rings. The fraction of sp³-hybridized carbons (Fsp3) is 0.550. The minimum absolute atomic E-state index is 0.0774. The summed E-state index contributed by atoms with van der Waals surface area (Å²) in [5, 5.41) is 7.07. The minimum atomic E-state index is -0.334. The highest BCUT2D eigenvalue weighted by molar-refractivity contribution is 5.89. The largest absolute Gasteiger partial charge is 0.369 e. The third kappa shape index (κ3) is 5.35. The second-order valence-corrected chi connectivity index (χ2v) is 8.26. The van der Waals surface area contributed by atoms with Crippen molar-refractivity contribution in [3.63, 3.8) is 0 Å². The van der Waals surface area contributed by atoms with Crippen molar-refractivity contribution in [2.45, 2.75) is 39.2 Å². The van der Waals surface area contributed by atoms with Crippen LogP contribution in [-0.4, -0.2) is 52.5 Å². The van der Waals surface area contributed by atoms with Crippen LogP contribution in [0.2, 0.25) is 0 Å². The number of anilines is 1. The first-order chi connectivity index (χ1) is 12.8. The number of likely N-dealkylation sites (tertiary alicyclic amines) is 1. The number of nitrogens with zero attached hydrogens (tertiary/aromatic N) is 3. The summed E-state index contributed by atoms with van der Waals surface area (Å²) in [5.41, 5.74) is 0.147. The first-order valence-corrected chi connectivity index (χ1v) is 9.48. The van der Waals surface area contributed by atoms with Gasteiger partial charge in [0, 0.05) is 17.5 Å². The van der Waals surface area contributed by atoms with Crippen molar-refractivity contribution >= 4 is 22.6 Å². The topological polar surface area (TPSA) is 70.2 Å². The van der Waals surface area contributed by atoms with E-state index in [1.807, 2.05) is 26.8 Å². The summed E-state index contributed by atoms with van der Waals surface area (Å²) in [6.07, 6.45) is 3.44. The quantitative estimate of drug-likeness (QED) is 0.843. The smallest absolute Gasteiger partial charge is 0.234 e. The first-order valence-electron chi connectivity index (χ1n) is 9.48. The van der Waals surface area contributed by atoms with Gasteiger partial charge in [-0.3, -0.25) is 9.69 Å². The third-order valence-corrected chi connectivity index (χ3v) is 4.76. The Bertz CT molecular complexity index is 797. The number of halogens is 1. The van der Waals surface area contributed by atoms with Crippen LogP contribution in [0.15, 0.2) is 24.5 Å². The van der Waals surface area contributed by atoms with Gasteiger partial charge < -0.3 is 10.6 Å². The van der Waals surface area contributed by atoms with Crippen molar-refractivity contribution in [2.75, 3.05) is 31.5 Å². The number of hydrogen-bond acceptors (Lipinski definition) is 5. The Morgan fingerprint density at radius 2 is 2.00 bits per heavy atom. The maximum Gasteiger partial charge on any atom is 0.234 e. The number of fused-ring (bicyclic) bond motifs is 1. The van der Waals surface area contributed by atoms with Crippen molar-refractivity contribution in [1.82, 2.24) is 20.2 Å². The van der Waals surface area contributed by atoms with Crippen LogP contribution in [0, 0.1) is 11.7 Å². The summed E-state index contributed by atoms with van der Waals surface area (Å²) in [6, 6.07) is 4.91. The molecule has 2 N–H and O–H groups in total. The highest BCUT2D eigenvalue weighted by Crippen LogP contribution is 2.23. The Labute approximate surface area is 159 Å². The summed E-state index contributed by atoms with van der Waals surface area (Å²) in [5.74, 6) is 0.922.